The van der Waals surface area contributed by atoms with Crippen molar-refractivity contribution in [1.82, 2.24) is 4.57 Å². The van der Waals surface area contributed by atoms with Crippen molar-refractivity contribution in [2.75, 3.05) is 0 Å². The van der Waals surface area contributed by atoms with Crippen molar-refractivity contribution in [3.8, 4) is 0 Å². The molecule has 0 radical (unpaired) electrons. The maximum atomic E-state index is 10.6. The van der Waals surface area contributed by atoms with E-state index in [2.05, 4.69) is 47.0 Å². The Bertz CT molecular complexity index is 811. The minimum absolute atomic E-state index is 0.603. The summed E-state index contributed by atoms with van der Waals surface area (Å²) >= 11 is 0. The van der Waals surface area contributed by atoms with Crippen LogP contribution in [0.4, 0.5) is 0 Å². The van der Waals surface area contributed by atoms with Crippen LogP contribution in [0.5, 0.6) is 0 Å². The molecule has 4 rings (SSSR count). The first-order chi connectivity index (χ1) is 10.4. The lowest BCUT2D eigenvalue weighted by Crippen LogP contribution is -1.99. The van der Waals surface area contributed by atoms with Gasteiger partial charge in [-0.3, -0.25) is 0 Å². The van der Waals surface area contributed by atoms with Crippen molar-refractivity contribution in [2.24, 2.45) is 5.92 Å². The van der Waals surface area contributed by atoms with Crippen molar-refractivity contribution in [3.05, 3.63) is 48.0 Å². The summed E-state index contributed by atoms with van der Waals surface area (Å²) in [5.41, 5.74) is 3.92. The van der Waals surface area contributed by atoms with Crippen LogP contribution < -0.4 is 0 Å². The molecule has 0 bridgehead atoms. The molecular formula is C19H19NO. The predicted octanol–water partition coefficient (Wildman–Crippen LogP) is 4.34. The highest BCUT2D eigenvalue weighted by molar-refractivity contribution is 6.08. The lowest BCUT2D eigenvalue weighted by Gasteiger charge is -2.06. The number of aromatic nitrogens is 1. The number of hydrogen-bond acceptors (Lipinski definition) is 1. The third kappa shape index (κ3) is 2.25. The number of nitrogens with zero attached hydrogens (tertiary/aromatic N) is 1. The van der Waals surface area contributed by atoms with E-state index in [-0.39, 0.29) is 0 Å². The number of hydrogen-bond donors (Lipinski definition) is 0. The number of carbonyl (C=O) groups is 1. The van der Waals surface area contributed by atoms with Crippen LogP contribution in [0.2, 0.25) is 0 Å². The number of para-hydroxylation sites is 1. The van der Waals surface area contributed by atoms with Gasteiger partial charge in [-0.05, 0) is 48.9 Å². The Balaban J connectivity index is 1.90. The number of aldehydes is 1. The number of benzene rings is 2. The molecule has 1 aromatic heterocycles. The minimum Gasteiger partial charge on any atom is -0.340 e. The van der Waals surface area contributed by atoms with Crippen molar-refractivity contribution in [2.45, 2.75) is 32.2 Å². The number of rotatable bonds is 5. The highest BCUT2D eigenvalue weighted by Gasteiger charge is 2.23. The van der Waals surface area contributed by atoms with Gasteiger partial charge < -0.3 is 9.36 Å². The average Bonchev–Trinajstić information content (AvgIpc) is 3.29. The van der Waals surface area contributed by atoms with Crippen LogP contribution in [0.15, 0.2) is 42.5 Å². The Hall–Kier alpha value is -2.09. The van der Waals surface area contributed by atoms with E-state index >= 15 is 0 Å². The molecule has 21 heavy (non-hydrogen) atoms. The van der Waals surface area contributed by atoms with Gasteiger partial charge in [-0.2, -0.15) is 0 Å². The molecule has 0 spiro atoms. The average molecular weight is 277 g/mol. The molecule has 0 amide bonds. The quantitative estimate of drug-likeness (QED) is 0.636. The van der Waals surface area contributed by atoms with E-state index in [1.54, 1.807) is 0 Å². The maximum absolute atomic E-state index is 10.6. The smallest absolute Gasteiger partial charge is 0.120 e. The van der Waals surface area contributed by atoms with Crippen LogP contribution in [-0.2, 0) is 17.8 Å². The van der Waals surface area contributed by atoms with Crippen molar-refractivity contribution < 1.29 is 4.79 Å². The van der Waals surface area contributed by atoms with E-state index in [9.17, 15) is 4.79 Å². The molecule has 1 saturated carbocycles. The molecule has 1 aliphatic rings. The second kappa shape index (κ2) is 5.03. The molecule has 0 aliphatic heterocycles. The van der Waals surface area contributed by atoms with Gasteiger partial charge in [0, 0.05) is 34.8 Å². The van der Waals surface area contributed by atoms with Crippen molar-refractivity contribution >= 4 is 28.1 Å². The Morgan fingerprint density at radius 3 is 2.67 bits per heavy atom. The second-order valence-corrected chi connectivity index (χ2v) is 6.13. The molecule has 0 N–H and O–H groups in total. The molecule has 106 valence electrons. The summed E-state index contributed by atoms with van der Waals surface area (Å²) in [6.07, 6.45) is 5.17. The van der Waals surface area contributed by atoms with Crippen molar-refractivity contribution in [1.29, 1.82) is 0 Å². The molecule has 0 saturated heterocycles. The predicted molar refractivity (Wildman–Crippen MR) is 86.6 cm³/mol. The van der Waals surface area contributed by atoms with Gasteiger partial charge in [-0.25, -0.2) is 0 Å². The van der Waals surface area contributed by atoms with Crippen LogP contribution in [-0.4, -0.2) is 10.9 Å². The topological polar surface area (TPSA) is 22.0 Å². The van der Waals surface area contributed by atoms with E-state index in [0.29, 0.717) is 6.42 Å². The summed E-state index contributed by atoms with van der Waals surface area (Å²) < 4.78 is 2.48. The molecule has 1 aliphatic carbocycles. The molecule has 0 atom stereocenters. The highest BCUT2D eigenvalue weighted by Crippen LogP contribution is 2.36. The maximum Gasteiger partial charge on any atom is 0.120 e. The normalized spacial score (nSPS) is 14.9. The van der Waals surface area contributed by atoms with Crippen LogP contribution in [0.25, 0.3) is 21.8 Å². The van der Waals surface area contributed by atoms with Gasteiger partial charge in [0.25, 0.3) is 0 Å². The second-order valence-electron chi connectivity index (χ2n) is 6.13. The van der Waals surface area contributed by atoms with E-state index in [1.807, 2.05) is 0 Å². The summed E-state index contributed by atoms with van der Waals surface area (Å²) in [6, 6.07) is 15.4. The van der Waals surface area contributed by atoms with E-state index in [0.717, 1.165) is 25.2 Å². The van der Waals surface area contributed by atoms with Crippen LogP contribution in [0.3, 0.4) is 0 Å². The Labute approximate surface area is 124 Å². The van der Waals surface area contributed by atoms with Gasteiger partial charge in [-0.1, -0.05) is 24.3 Å². The van der Waals surface area contributed by atoms with Gasteiger partial charge in [0.05, 0.1) is 0 Å². The molecule has 1 heterocycles. The fraction of sp³-hybridized carbons (Fsp3) is 0.316. The lowest BCUT2D eigenvalue weighted by molar-refractivity contribution is -0.107. The van der Waals surface area contributed by atoms with Crippen LogP contribution in [0, 0.1) is 5.92 Å². The zero-order valence-corrected chi connectivity index (χ0v) is 12.1. The first-order valence-corrected chi connectivity index (χ1v) is 7.80. The van der Waals surface area contributed by atoms with Gasteiger partial charge in [-0.15, -0.1) is 0 Å². The standard InChI is InChI=1S/C19H19NO/c21-11-3-4-14-9-10-19-17(12-14)16-5-1-2-6-18(16)20(19)13-15-7-8-15/h1-2,5-6,9-12,15H,3-4,7-8,13H2. The van der Waals surface area contributed by atoms with Gasteiger partial charge in [0.1, 0.15) is 6.29 Å². The molecule has 0 unspecified atom stereocenters. The number of fused-ring (bicyclic) bond motifs is 3. The molecule has 2 nitrogen and oxygen atoms in total. The first-order valence-electron chi connectivity index (χ1n) is 7.80. The third-order valence-corrected chi connectivity index (χ3v) is 4.53. The summed E-state index contributed by atoms with van der Waals surface area (Å²) in [5, 5.41) is 2.66. The largest absolute Gasteiger partial charge is 0.340 e. The molecular weight excluding hydrogens is 258 g/mol. The van der Waals surface area contributed by atoms with E-state index < -0.39 is 0 Å². The number of aryl methyl sites for hydroxylation is 1. The SMILES string of the molecule is O=CCCc1ccc2c(c1)c1ccccc1n2CC1CC1. The fourth-order valence-corrected chi connectivity index (χ4v) is 3.24. The monoisotopic (exact) mass is 277 g/mol. The lowest BCUT2D eigenvalue weighted by atomic mass is 10.1. The van der Waals surface area contributed by atoms with Crippen molar-refractivity contribution in [3.63, 3.8) is 0 Å². The Kier molecular flexibility index (Phi) is 3.03. The molecule has 2 aromatic carbocycles. The zero-order valence-electron chi connectivity index (χ0n) is 12.1. The van der Waals surface area contributed by atoms with Gasteiger partial charge in [0.2, 0.25) is 0 Å². The number of carbonyl (C=O) groups excluding carboxylic acids is 1. The zero-order chi connectivity index (χ0) is 14.2. The van der Waals surface area contributed by atoms with E-state index in [1.165, 1.54) is 40.2 Å². The summed E-state index contributed by atoms with van der Waals surface area (Å²) in [7, 11) is 0. The summed E-state index contributed by atoms with van der Waals surface area (Å²) in [5.74, 6) is 0.860. The first kappa shape index (κ1) is 12.6. The van der Waals surface area contributed by atoms with E-state index in [4.69, 9.17) is 0 Å². The molecule has 1 fully saturated rings. The summed E-state index contributed by atoms with van der Waals surface area (Å²) in [6.45, 7) is 1.14. The Morgan fingerprint density at radius 2 is 1.86 bits per heavy atom. The summed E-state index contributed by atoms with van der Waals surface area (Å²) in [4.78, 5) is 10.6. The van der Waals surface area contributed by atoms with Crippen LogP contribution in [0.1, 0.15) is 24.8 Å². The van der Waals surface area contributed by atoms with Gasteiger partial charge >= 0.3 is 0 Å². The Morgan fingerprint density at radius 1 is 1.05 bits per heavy atom. The third-order valence-electron chi connectivity index (χ3n) is 4.53. The van der Waals surface area contributed by atoms with Gasteiger partial charge in [0.15, 0.2) is 0 Å². The fourth-order valence-electron chi connectivity index (χ4n) is 3.24. The molecule has 3 aromatic rings. The van der Waals surface area contributed by atoms with Crippen LogP contribution >= 0.6 is 0 Å². The molecule has 2 heteroatoms. The minimum atomic E-state index is 0.603. The highest BCUT2D eigenvalue weighted by atomic mass is 16.1.